The van der Waals surface area contributed by atoms with Crippen LogP contribution in [0.2, 0.25) is 0 Å². The van der Waals surface area contributed by atoms with Crippen LogP contribution in [0.25, 0.3) is 0 Å². The Labute approximate surface area is 166 Å². The van der Waals surface area contributed by atoms with Crippen molar-refractivity contribution in [2.24, 2.45) is 0 Å². The number of alkyl halides is 3. The van der Waals surface area contributed by atoms with Gasteiger partial charge in [-0.05, 0) is 31.4 Å². The summed E-state index contributed by atoms with van der Waals surface area (Å²) in [6, 6.07) is 5.30. The second kappa shape index (κ2) is 8.74. The third-order valence-corrected chi connectivity index (χ3v) is 4.79. The number of carboxylic acids is 1. The van der Waals surface area contributed by atoms with E-state index < -0.39 is 17.9 Å². The molecule has 2 aliphatic heterocycles. The largest absolute Gasteiger partial charge is 1.00 e. The summed E-state index contributed by atoms with van der Waals surface area (Å²) < 4.78 is 51.8. The second-order valence-electron chi connectivity index (χ2n) is 6.43. The first kappa shape index (κ1) is 21.9. The molecule has 0 unspecified atom stereocenters. The van der Waals surface area contributed by atoms with E-state index in [0.29, 0.717) is 45.6 Å². The van der Waals surface area contributed by atoms with E-state index in [0.717, 1.165) is 0 Å². The van der Waals surface area contributed by atoms with Gasteiger partial charge in [0, 0.05) is 32.4 Å². The van der Waals surface area contributed by atoms with Crippen molar-refractivity contribution in [2.75, 3.05) is 26.3 Å². The number of benzene rings is 1. The van der Waals surface area contributed by atoms with Gasteiger partial charge in [-0.3, -0.25) is 4.90 Å². The number of rotatable bonds is 5. The van der Waals surface area contributed by atoms with E-state index >= 15 is 0 Å². The molecule has 2 aliphatic rings. The van der Waals surface area contributed by atoms with Crippen LogP contribution in [0.5, 0.6) is 11.5 Å². The van der Waals surface area contributed by atoms with Crippen molar-refractivity contribution in [1.82, 2.24) is 4.90 Å². The fourth-order valence-electron chi connectivity index (χ4n) is 3.51. The van der Waals surface area contributed by atoms with Gasteiger partial charge in [-0.15, -0.1) is 13.2 Å². The topological polar surface area (TPSA) is 71.1 Å². The number of aliphatic carboxylic acids is 1. The van der Waals surface area contributed by atoms with E-state index in [1.165, 1.54) is 24.3 Å². The molecule has 0 amide bonds. The Morgan fingerprint density at radius 2 is 1.93 bits per heavy atom. The van der Waals surface area contributed by atoms with Gasteiger partial charge < -0.3 is 24.1 Å². The third-order valence-electron chi connectivity index (χ3n) is 4.79. The van der Waals surface area contributed by atoms with Crippen LogP contribution in [0.1, 0.15) is 19.3 Å². The first-order chi connectivity index (χ1) is 12.3. The molecule has 27 heavy (non-hydrogen) atoms. The van der Waals surface area contributed by atoms with Crippen molar-refractivity contribution in [2.45, 2.75) is 37.3 Å². The Hall–Kier alpha value is -1.40. The maximum absolute atomic E-state index is 12.3. The van der Waals surface area contributed by atoms with Gasteiger partial charge in [0.05, 0.1) is 11.5 Å². The Kier molecular flexibility index (Phi) is 7.08. The van der Waals surface area contributed by atoms with Gasteiger partial charge >= 0.3 is 25.2 Å². The fourth-order valence-corrected chi connectivity index (χ4v) is 3.51. The van der Waals surface area contributed by atoms with Crippen LogP contribution < -0.4 is 33.4 Å². The van der Waals surface area contributed by atoms with Gasteiger partial charge in [0.2, 0.25) is 0 Å². The van der Waals surface area contributed by atoms with Crippen molar-refractivity contribution in [3.63, 3.8) is 0 Å². The number of carbonyl (C=O) groups excluding carboxylic acids is 1. The van der Waals surface area contributed by atoms with E-state index in [-0.39, 0.29) is 36.5 Å². The summed E-state index contributed by atoms with van der Waals surface area (Å²) in [5.41, 5.74) is -1.07. The van der Waals surface area contributed by atoms with Crippen molar-refractivity contribution < 1.29 is 56.1 Å². The van der Waals surface area contributed by atoms with Crippen molar-refractivity contribution in [1.29, 1.82) is 0 Å². The van der Waals surface area contributed by atoms with Crippen molar-refractivity contribution >= 4 is 5.97 Å². The van der Waals surface area contributed by atoms with Crippen LogP contribution in [0.3, 0.4) is 0 Å². The smallest absolute Gasteiger partial charge is 0.548 e. The molecule has 0 spiro atoms. The average molecular weight is 381 g/mol. The number of hydrogen-bond acceptors (Lipinski definition) is 6. The zero-order chi connectivity index (χ0) is 18.8. The molecule has 2 heterocycles. The van der Waals surface area contributed by atoms with Crippen molar-refractivity contribution in [3.8, 4) is 11.5 Å². The number of nitrogens with zero attached hydrogens (tertiary/aromatic N) is 1. The molecular formula is C17H19F3LiNO5. The molecular weight excluding hydrogens is 362 g/mol. The molecule has 2 saturated heterocycles. The number of halogens is 3. The predicted octanol–water partition coefficient (Wildman–Crippen LogP) is -1.66. The van der Waals surface area contributed by atoms with E-state index in [4.69, 9.17) is 9.47 Å². The van der Waals surface area contributed by atoms with Crippen LogP contribution in [-0.2, 0) is 9.53 Å². The summed E-state index contributed by atoms with van der Waals surface area (Å²) in [4.78, 5) is 13.6. The second-order valence-corrected chi connectivity index (χ2v) is 6.43. The van der Waals surface area contributed by atoms with E-state index in [1.807, 2.05) is 4.90 Å². The number of ether oxygens (including phenoxy) is 3. The van der Waals surface area contributed by atoms with Crippen LogP contribution in [0.4, 0.5) is 13.2 Å². The van der Waals surface area contributed by atoms with Gasteiger partial charge in [-0.25, -0.2) is 0 Å². The third kappa shape index (κ3) is 5.32. The summed E-state index contributed by atoms with van der Waals surface area (Å²) in [5.74, 6) is -1.24. The molecule has 1 atom stereocenters. The summed E-state index contributed by atoms with van der Waals surface area (Å²) in [6.07, 6.45) is -3.84. The first-order valence-electron chi connectivity index (χ1n) is 8.35. The SMILES string of the molecule is O=C([O-])C1(N2CC[C@@H](Oc3cccc(OC(F)(F)F)c3)C2)CCOCC1.[Li+]. The molecule has 2 fully saturated rings. The molecule has 1 aromatic carbocycles. The Morgan fingerprint density at radius 1 is 1.26 bits per heavy atom. The zero-order valence-corrected chi connectivity index (χ0v) is 15.0. The molecule has 0 N–H and O–H groups in total. The van der Waals surface area contributed by atoms with E-state index in [2.05, 4.69) is 4.74 Å². The molecule has 0 saturated carbocycles. The van der Waals surface area contributed by atoms with Crippen LogP contribution >= 0.6 is 0 Å². The molecule has 0 radical (unpaired) electrons. The van der Waals surface area contributed by atoms with Crippen LogP contribution in [0.15, 0.2) is 24.3 Å². The van der Waals surface area contributed by atoms with E-state index in [1.54, 1.807) is 0 Å². The fraction of sp³-hybridized carbons (Fsp3) is 0.588. The van der Waals surface area contributed by atoms with Crippen LogP contribution in [0, 0.1) is 0 Å². The molecule has 0 bridgehead atoms. The normalized spacial score (nSPS) is 22.7. The van der Waals surface area contributed by atoms with E-state index in [9.17, 15) is 23.1 Å². The number of carbonyl (C=O) groups is 1. The van der Waals surface area contributed by atoms with Gasteiger partial charge in [0.1, 0.15) is 17.6 Å². The van der Waals surface area contributed by atoms with Gasteiger partial charge in [0.15, 0.2) is 0 Å². The number of carboxylic acid groups (broad SMARTS) is 1. The Bertz CT molecular complexity index is 652. The summed E-state index contributed by atoms with van der Waals surface area (Å²) in [7, 11) is 0. The average Bonchev–Trinajstić information content (AvgIpc) is 3.03. The Balaban J connectivity index is 0.00000261. The number of hydrogen-bond donors (Lipinski definition) is 0. The first-order valence-corrected chi connectivity index (χ1v) is 8.35. The minimum absolute atomic E-state index is 0. The summed E-state index contributed by atoms with van der Waals surface area (Å²) in [5, 5.41) is 11.7. The minimum atomic E-state index is -4.77. The standard InChI is InChI=1S/C17H20F3NO5.Li/c18-17(19,20)26-13-3-1-2-12(10-13)25-14-4-7-21(11-14)16(15(22)23)5-8-24-9-6-16;/h1-3,10,14H,4-9,11H2,(H,22,23);/q;+1/p-1/t14-;/m1./s1. The van der Waals surface area contributed by atoms with Gasteiger partial charge in [-0.2, -0.15) is 0 Å². The van der Waals surface area contributed by atoms with Crippen molar-refractivity contribution in [3.05, 3.63) is 24.3 Å². The minimum Gasteiger partial charge on any atom is -0.548 e. The predicted molar refractivity (Wildman–Crippen MR) is 81.5 cm³/mol. The zero-order valence-electron chi connectivity index (χ0n) is 15.0. The summed E-state index contributed by atoms with van der Waals surface area (Å²) in [6.45, 7) is 1.58. The summed E-state index contributed by atoms with van der Waals surface area (Å²) >= 11 is 0. The molecule has 0 aliphatic carbocycles. The van der Waals surface area contributed by atoms with Gasteiger partial charge in [0.25, 0.3) is 0 Å². The van der Waals surface area contributed by atoms with Crippen LogP contribution in [-0.4, -0.2) is 55.2 Å². The Morgan fingerprint density at radius 3 is 2.56 bits per heavy atom. The molecule has 0 aromatic heterocycles. The maximum atomic E-state index is 12.3. The maximum Gasteiger partial charge on any atom is 1.00 e. The molecule has 1 aromatic rings. The molecule has 144 valence electrons. The monoisotopic (exact) mass is 381 g/mol. The van der Waals surface area contributed by atoms with Gasteiger partial charge in [-0.1, -0.05) is 6.07 Å². The molecule has 3 rings (SSSR count). The molecule has 6 nitrogen and oxygen atoms in total. The molecule has 10 heteroatoms. The number of likely N-dealkylation sites (tertiary alicyclic amines) is 1. The quantitative estimate of drug-likeness (QED) is 0.569.